The Morgan fingerprint density at radius 2 is 1.80 bits per heavy atom. The molecule has 0 aliphatic carbocycles. The van der Waals surface area contributed by atoms with Crippen molar-refractivity contribution >= 4 is 11.7 Å². The van der Waals surface area contributed by atoms with Gasteiger partial charge in [-0.1, -0.05) is 12.1 Å². The molecule has 1 aromatic rings. The summed E-state index contributed by atoms with van der Waals surface area (Å²) in [6, 6.07) is 8.17. The predicted octanol–water partition coefficient (Wildman–Crippen LogP) is 2.70. The van der Waals surface area contributed by atoms with Crippen molar-refractivity contribution in [3.63, 3.8) is 0 Å². The van der Waals surface area contributed by atoms with Gasteiger partial charge in [-0.05, 0) is 52.3 Å². The summed E-state index contributed by atoms with van der Waals surface area (Å²) in [5.74, 6) is -0.214. The number of ether oxygens (including phenoxy) is 1. The van der Waals surface area contributed by atoms with Gasteiger partial charge in [0, 0.05) is 18.3 Å². The summed E-state index contributed by atoms with van der Waals surface area (Å²) < 4.78 is 5.38. The summed E-state index contributed by atoms with van der Waals surface area (Å²) in [6.07, 6.45) is 0. The zero-order valence-corrected chi connectivity index (χ0v) is 13.1. The van der Waals surface area contributed by atoms with Crippen LogP contribution >= 0.6 is 0 Å². The SMILES string of the molecule is CC(C)N(CC(=O)OC(C)(C)C)c1ccc(CN)cc1. The van der Waals surface area contributed by atoms with Gasteiger partial charge >= 0.3 is 5.97 Å². The highest BCUT2D eigenvalue weighted by atomic mass is 16.6. The van der Waals surface area contributed by atoms with Gasteiger partial charge in [-0.15, -0.1) is 0 Å². The molecular formula is C16H26N2O2. The molecule has 0 atom stereocenters. The van der Waals surface area contributed by atoms with Gasteiger partial charge in [0.1, 0.15) is 12.1 Å². The molecule has 0 radical (unpaired) electrons. The summed E-state index contributed by atoms with van der Waals surface area (Å²) in [4.78, 5) is 14.0. The molecule has 0 saturated carbocycles. The Morgan fingerprint density at radius 1 is 1.25 bits per heavy atom. The smallest absolute Gasteiger partial charge is 0.326 e. The maximum atomic E-state index is 12.0. The molecule has 1 aromatic carbocycles. The van der Waals surface area contributed by atoms with E-state index in [9.17, 15) is 4.79 Å². The first kappa shape index (κ1) is 16.5. The van der Waals surface area contributed by atoms with E-state index in [1.54, 1.807) is 0 Å². The van der Waals surface area contributed by atoms with Crippen LogP contribution in [0.2, 0.25) is 0 Å². The van der Waals surface area contributed by atoms with E-state index in [1.807, 2.05) is 49.9 Å². The highest BCUT2D eigenvalue weighted by Crippen LogP contribution is 2.18. The number of rotatable bonds is 5. The summed E-state index contributed by atoms with van der Waals surface area (Å²) >= 11 is 0. The van der Waals surface area contributed by atoms with Crippen LogP contribution in [0, 0.1) is 0 Å². The van der Waals surface area contributed by atoms with Crippen LogP contribution in [0.15, 0.2) is 24.3 Å². The molecule has 0 fully saturated rings. The topological polar surface area (TPSA) is 55.6 Å². The lowest BCUT2D eigenvalue weighted by Gasteiger charge is -2.30. The van der Waals surface area contributed by atoms with E-state index in [1.165, 1.54) is 0 Å². The molecule has 0 unspecified atom stereocenters. The number of carbonyl (C=O) groups is 1. The van der Waals surface area contributed by atoms with Crippen molar-refractivity contribution in [1.29, 1.82) is 0 Å². The molecule has 0 bridgehead atoms. The van der Waals surface area contributed by atoms with Gasteiger partial charge in [-0.2, -0.15) is 0 Å². The number of esters is 1. The highest BCUT2D eigenvalue weighted by Gasteiger charge is 2.20. The fourth-order valence-electron chi connectivity index (χ4n) is 1.91. The third-order valence-corrected chi connectivity index (χ3v) is 2.85. The van der Waals surface area contributed by atoms with Gasteiger partial charge in [0.15, 0.2) is 0 Å². The van der Waals surface area contributed by atoms with Crippen molar-refractivity contribution in [2.75, 3.05) is 11.4 Å². The minimum atomic E-state index is -0.455. The summed E-state index contributed by atoms with van der Waals surface area (Å²) in [5, 5.41) is 0. The quantitative estimate of drug-likeness (QED) is 0.841. The Labute approximate surface area is 121 Å². The van der Waals surface area contributed by atoms with Crippen LogP contribution in [0.25, 0.3) is 0 Å². The number of nitrogens with zero attached hydrogens (tertiary/aromatic N) is 1. The Kier molecular flexibility index (Phi) is 5.57. The van der Waals surface area contributed by atoms with Crippen LogP contribution in [0.4, 0.5) is 5.69 Å². The molecule has 112 valence electrons. The Bertz CT molecular complexity index is 433. The van der Waals surface area contributed by atoms with Crippen LogP contribution in [-0.4, -0.2) is 24.2 Å². The number of benzene rings is 1. The summed E-state index contributed by atoms with van der Waals surface area (Å²) in [6.45, 7) is 10.5. The van der Waals surface area contributed by atoms with Crippen molar-refractivity contribution in [1.82, 2.24) is 0 Å². The fraction of sp³-hybridized carbons (Fsp3) is 0.562. The largest absolute Gasteiger partial charge is 0.459 e. The van der Waals surface area contributed by atoms with Crippen LogP contribution in [0.3, 0.4) is 0 Å². The molecule has 4 nitrogen and oxygen atoms in total. The van der Waals surface area contributed by atoms with E-state index in [-0.39, 0.29) is 18.6 Å². The highest BCUT2D eigenvalue weighted by molar-refractivity contribution is 5.76. The molecule has 0 aliphatic rings. The zero-order chi connectivity index (χ0) is 15.3. The molecule has 0 aliphatic heterocycles. The average molecular weight is 278 g/mol. The zero-order valence-electron chi connectivity index (χ0n) is 13.1. The molecule has 4 heteroatoms. The first-order chi connectivity index (χ1) is 9.23. The maximum Gasteiger partial charge on any atom is 0.326 e. The molecule has 2 N–H and O–H groups in total. The number of anilines is 1. The van der Waals surface area contributed by atoms with Gasteiger partial charge in [0.2, 0.25) is 0 Å². The van der Waals surface area contributed by atoms with Crippen molar-refractivity contribution in [2.24, 2.45) is 5.73 Å². The van der Waals surface area contributed by atoms with Crippen molar-refractivity contribution in [3.05, 3.63) is 29.8 Å². The standard InChI is InChI=1S/C16H26N2O2/c1-12(2)18(11-15(19)20-16(3,4)5)14-8-6-13(10-17)7-9-14/h6-9,12H,10-11,17H2,1-5H3. The third kappa shape index (κ3) is 5.21. The van der Waals surface area contributed by atoms with Crippen LogP contribution in [0.5, 0.6) is 0 Å². The first-order valence-corrected chi connectivity index (χ1v) is 7.00. The molecule has 0 heterocycles. The van der Waals surface area contributed by atoms with Gasteiger partial charge in [0.05, 0.1) is 0 Å². The van der Waals surface area contributed by atoms with E-state index >= 15 is 0 Å². The molecular weight excluding hydrogens is 252 g/mol. The third-order valence-electron chi connectivity index (χ3n) is 2.85. The molecule has 20 heavy (non-hydrogen) atoms. The normalized spacial score (nSPS) is 11.6. The maximum absolute atomic E-state index is 12.0. The second-order valence-electron chi connectivity index (χ2n) is 6.18. The van der Waals surface area contributed by atoms with Gasteiger partial charge in [-0.25, -0.2) is 0 Å². The van der Waals surface area contributed by atoms with Crippen LogP contribution in [-0.2, 0) is 16.1 Å². The van der Waals surface area contributed by atoms with E-state index < -0.39 is 5.60 Å². The number of hydrogen-bond donors (Lipinski definition) is 1. The van der Waals surface area contributed by atoms with Crippen molar-refractivity contribution < 1.29 is 9.53 Å². The molecule has 1 rings (SSSR count). The molecule has 0 saturated heterocycles. The Hall–Kier alpha value is -1.55. The average Bonchev–Trinajstić information content (AvgIpc) is 2.34. The van der Waals surface area contributed by atoms with Crippen molar-refractivity contribution in [2.45, 2.75) is 52.8 Å². The summed E-state index contributed by atoms with van der Waals surface area (Å²) in [7, 11) is 0. The molecule has 0 amide bonds. The van der Waals surface area contributed by atoms with Crippen LogP contribution < -0.4 is 10.6 Å². The van der Waals surface area contributed by atoms with Gasteiger partial charge in [0.25, 0.3) is 0 Å². The molecule has 0 spiro atoms. The van der Waals surface area contributed by atoms with E-state index in [0.717, 1.165) is 11.3 Å². The minimum Gasteiger partial charge on any atom is -0.459 e. The summed E-state index contributed by atoms with van der Waals surface area (Å²) in [5.41, 5.74) is 7.22. The van der Waals surface area contributed by atoms with E-state index in [4.69, 9.17) is 10.5 Å². The Morgan fingerprint density at radius 3 is 2.20 bits per heavy atom. The number of nitrogens with two attached hydrogens (primary N) is 1. The lowest BCUT2D eigenvalue weighted by molar-refractivity contribution is -0.153. The Balaban J connectivity index is 2.81. The van der Waals surface area contributed by atoms with E-state index in [2.05, 4.69) is 13.8 Å². The van der Waals surface area contributed by atoms with Crippen molar-refractivity contribution in [3.8, 4) is 0 Å². The second kappa shape index (κ2) is 6.75. The lowest BCUT2D eigenvalue weighted by atomic mass is 10.1. The fourth-order valence-corrected chi connectivity index (χ4v) is 1.91. The number of carbonyl (C=O) groups excluding carboxylic acids is 1. The predicted molar refractivity (Wildman–Crippen MR) is 82.7 cm³/mol. The van der Waals surface area contributed by atoms with Gasteiger partial charge in [-0.3, -0.25) is 4.79 Å². The molecule has 0 aromatic heterocycles. The minimum absolute atomic E-state index is 0.214. The first-order valence-electron chi connectivity index (χ1n) is 7.00. The van der Waals surface area contributed by atoms with Gasteiger partial charge < -0.3 is 15.4 Å². The van der Waals surface area contributed by atoms with E-state index in [0.29, 0.717) is 6.54 Å². The second-order valence-corrected chi connectivity index (χ2v) is 6.18. The lowest BCUT2D eigenvalue weighted by Crippen LogP contribution is -2.38. The monoisotopic (exact) mass is 278 g/mol. The number of hydrogen-bond acceptors (Lipinski definition) is 4. The van der Waals surface area contributed by atoms with Crippen LogP contribution in [0.1, 0.15) is 40.2 Å².